The molecule has 0 radical (unpaired) electrons. The second kappa shape index (κ2) is 6.44. The van der Waals surface area contributed by atoms with Gasteiger partial charge in [-0.3, -0.25) is 4.68 Å². The van der Waals surface area contributed by atoms with E-state index in [9.17, 15) is 0 Å². The molecule has 1 aromatic carbocycles. The molecule has 0 aliphatic carbocycles. The Morgan fingerprint density at radius 1 is 1.30 bits per heavy atom. The Balaban J connectivity index is 2.04. The number of benzene rings is 1. The molecule has 0 bridgehead atoms. The molecule has 0 saturated heterocycles. The van der Waals surface area contributed by atoms with E-state index < -0.39 is 0 Å². The summed E-state index contributed by atoms with van der Waals surface area (Å²) in [6.45, 7) is 6.94. The summed E-state index contributed by atoms with van der Waals surface area (Å²) in [4.78, 5) is 0. The predicted molar refractivity (Wildman–Crippen MR) is 85.1 cm³/mol. The minimum Gasteiger partial charge on any atom is -0.487 e. The molecule has 4 heteroatoms. The highest BCUT2D eigenvalue weighted by molar-refractivity contribution is 9.10. The summed E-state index contributed by atoms with van der Waals surface area (Å²) < 4.78 is 8.72. The summed E-state index contributed by atoms with van der Waals surface area (Å²) in [7, 11) is 1.93. The Morgan fingerprint density at radius 2 is 1.95 bits per heavy atom. The largest absolute Gasteiger partial charge is 0.487 e. The van der Waals surface area contributed by atoms with Gasteiger partial charge in [0.25, 0.3) is 0 Å². The maximum absolute atomic E-state index is 5.84. The van der Waals surface area contributed by atoms with Crippen LogP contribution in [0.1, 0.15) is 43.1 Å². The van der Waals surface area contributed by atoms with E-state index in [0.29, 0.717) is 12.5 Å². The van der Waals surface area contributed by atoms with Crippen LogP contribution >= 0.6 is 15.9 Å². The molecule has 1 aromatic heterocycles. The molecule has 0 aliphatic heterocycles. The lowest BCUT2D eigenvalue weighted by Crippen LogP contribution is -2.03. The van der Waals surface area contributed by atoms with E-state index in [1.54, 1.807) is 0 Å². The van der Waals surface area contributed by atoms with Crippen molar-refractivity contribution in [1.82, 2.24) is 9.78 Å². The van der Waals surface area contributed by atoms with Gasteiger partial charge in [0.15, 0.2) is 0 Å². The molecule has 108 valence electrons. The lowest BCUT2D eigenvalue weighted by atomic mass is 9.99. The van der Waals surface area contributed by atoms with Gasteiger partial charge in [0.1, 0.15) is 12.4 Å². The molecule has 2 aromatic rings. The van der Waals surface area contributed by atoms with Crippen molar-refractivity contribution in [2.75, 3.05) is 0 Å². The minimum atomic E-state index is 0.514. The highest BCUT2D eigenvalue weighted by atomic mass is 79.9. The zero-order valence-electron chi connectivity index (χ0n) is 12.5. The van der Waals surface area contributed by atoms with Crippen LogP contribution in [0, 0.1) is 6.92 Å². The van der Waals surface area contributed by atoms with Crippen molar-refractivity contribution in [3.05, 3.63) is 45.7 Å². The SMILES string of the molecule is CCC(C)c1ccc(OCc2c(Br)c(C)nn2C)cc1. The first-order valence-corrected chi connectivity index (χ1v) is 7.73. The number of hydrogen-bond acceptors (Lipinski definition) is 2. The summed E-state index contributed by atoms with van der Waals surface area (Å²) in [5.74, 6) is 1.49. The van der Waals surface area contributed by atoms with Crippen molar-refractivity contribution in [2.24, 2.45) is 7.05 Å². The molecule has 20 heavy (non-hydrogen) atoms. The van der Waals surface area contributed by atoms with Crippen LogP contribution in [0.2, 0.25) is 0 Å². The fourth-order valence-corrected chi connectivity index (χ4v) is 2.57. The van der Waals surface area contributed by atoms with Gasteiger partial charge in [0.05, 0.1) is 15.9 Å². The molecule has 0 N–H and O–H groups in total. The Bertz CT molecular complexity index is 575. The summed E-state index contributed by atoms with van der Waals surface area (Å²) in [6, 6.07) is 8.37. The highest BCUT2D eigenvalue weighted by Gasteiger charge is 2.11. The smallest absolute Gasteiger partial charge is 0.131 e. The van der Waals surface area contributed by atoms with E-state index in [4.69, 9.17) is 4.74 Å². The molecule has 0 fully saturated rings. The van der Waals surface area contributed by atoms with Gasteiger partial charge in [-0.05, 0) is 52.9 Å². The number of ether oxygens (including phenoxy) is 1. The lowest BCUT2D eigenvalue weighted by molar-refractivity contribution is 0.294. The summed E-state index contributed by atoms with van der Waals surface area (Å²) in [6.07, 6.45) is 1.15. The Hall–Kier alpha value is -1.29. The quantitative estimate of drug-likeness (QED) is 0.798. The monoisotopic (exact) mass is 336 g/mol. The minimum absolute atomic E-state index is 0.514. The van der Waals surface area contributed by atoms with Crippen LogP contribution in [0.15, 0.2) is 28.7 Å². The standard InChI is InChI=1S/C16H21BrN2O/c1-5-11(2)13-6-8-14(9-7-13)20-10-15-16(17)12(3)18-19(15)4/h6-9,11H,5,10H2,1-4H3. The highest BCUT2D eigenvalue weighted by Crippen LogP contribution is 2.24. The van der Waals surface area contributed by atoms with Gasteiger partial charge < -0.3 is 4.74 Å². The number of rotatable bonds is 5. The number of aryl methyl sites for hydroxylation is 2. The van der Waals surface area contributed by atoms with Crippen LogP contribution in [0.4, 0.5) is 0 Å². The molecule has 0 saturated carbocycles. The number of nitrogens with zero attached hydrogens (tertiary/aromatic N) is 2. The average molecular weight is 337 g/mol. The van der Waals surface area contributed by atoms with Crippen LogP contribution in [-0.2, 0) is 13.7 Å². The van der Waals surface area contributed by atoms with E-state index in [1.807, 2.05) is 30.8 Å². The first-order valence-electron chi connectivity index (χ1n) is 6.93. The second-order valence-corrected chi connectivity index (χ2v) is 5.93. The molecule has 1 atom stereocenters. The average Bonchev–Trinajstić information content (AvgIpc) is 2.70. The van der Waals surface area contributed by atoms with E-state index in [1.165, 1.54) is 5.56 Å². The van der Waals surface area contributed by atoms with Crippen molar-refractivity contribution >= 4 is 15.9 Å². The van der Waals surface area contributed by atoms with Crippen LogP contribution in [0.5, 0.6) is 5.75 Å². The molecular formula is C16H21BrN2O. The normalized spacial score (nSPS) is 12.4. The van der Waals surface area contributed by atoms with Crippen molar-refractivity contribution in [2.45, 2.75) is 39.7 Å². The molecule has 0 aliphatic rings. The molecule has 1 unspecified atom stereocenters. The summed E-state index contributed by atoms with van der Waals surface area (Å²) >= 11 is 3.55. The van der Waals surface area contributed by atoms with Crippen molar-refractivity contribution in [1.29, 1.82) is 0 Å². The third-order valence-corrected chi connectivity index (χ3v) is 4.73. The lowest BCUT2D eigenvalue weighted by Gasteiger charge is -2.11. The van der Waals surface area contributed by atoms with Gasteiger partial charge >= 0.3 is 0 Å². The van der Waals surface area contributed by atoms with E-state index in [-0.39, 0.29) is 0 Å². The van der Waals surface area contributed by atoms with Crippen LogP contribution in [0.25, 0.3) is 0 Å². The van der Waals surface area contributed by atoms with Crippen LogP contribution < -0.4 is 4.74 Å². The van der Waals surface area contributed by atoms with E-state index in [0.717, 1.165) is 28.0 Å². The van der Waals surface area contributed by atoms with Crippen LogP contribution in [-0.4, -0.2) is 9.78 Å². The molecule has 0 amide bonds. The molecule has 2 rings (SSSR count). The van der Waals surface area contributed by atoms with Gasteiger partial charge in [0.2, 0.25) is 0 Å². The Morgan fingerprint density at radius 3 is 2.45 bits per heavy atom. The third kappa shape index (κ3) is 3.23. The fraction of sp³-hybridized carbons (Fsp3) is 0.438. The summed E-state index contributed by atoms with van der Waals surface area (Å²) in [5, 5.41) is 4.36. The first-order chi connectivity index (χ1) is 9.52. The van der Waals surface area contributed by atoms with Gasteiger partial charge in [0, 0.05) is 7.05 Å². The van der Waals surface area contributed by atoms with Gasteiger partial charge in [-0.25, -0.2) is 0 Å². The van der Waals surface area contributed by atoms with Crippen LogP contribution in [0.3, 0.4) is 0 Å². The third-order valence-electron chi connectivity index (χ3n) is 3.70. The molecule has 1 heterocycles. The summed E-state index contributed by atoms with van der Waals surface area (Å²) in [5.41, 5.74) is 3.39. The Labute approximate surface area is 129 Å². The van der Waals surface area contributed by atoms with Gasteiger partial charge in [-0.1, -0.05) is 26.0 Å². The maximum atomic E-state index is 5.84. The number of halogens is 1. The molecule has 0 spiro atoms. The van der Waals surface area contributed by atoms with Crippen molar-refractivity contribution < 1.29 is 4.74 Å². The molecule has 3 nitrogen and oxygen atoms in total. The van der Waals surface area contributed by atoms with E-state index in [2.05, 4.69) is 47.0 Å². The van der Waals surface area contributed by atoms with E-state index >= 15 is 0 Å². The first kappa shape index (κ1) is 15.1. The van der Waals surface area contributed by atoms with Crippen molar-refractivity contribution in [3.63, 3.8) is 0 Å². The number of hydrogen-bond donors (Lipinski definition) is 0. The number of aromatic nitrogens is 2. The fourth-order valence-electron chi connectivity index (χ4n) is 2.12. The maximum Gasteiger partial charge on any atom is 0.131 e. The van der Waals surface area contributed by atoms with Gasteiger partial charge in [-0.15, -0.1) is 0 Å². The second-order valence-electron chi connectivity index (χ2n) is 5.14. The predicted octanol–water partition coefficient (Wildman–Crippen LogP) is 4.58. The zero-order valence-corrected chi connectivity index (χ0v) is 14.1. The Kier molecular flexibility index (Phi) is 4.86. The molecular weight excluding hydrogens is 316 g/mol. The van der Waals surface area contributed by atoms with Crippen molar-refractivity contribution in [3.8, 4) is 5.75 Å². The zero-order chi connectivity index (χ0) is 14.7. The topological polar surface area (TPSA) is 27.1 Å². The van der Waals surface area contributed by atoms with Gasteiger partial charge in [-0.2, -0.15) is 5.10 Å².